The molecule has 23 heavy (non-hydrogen) atoms. The molecule has 0 saturated heterocycles. The maximum absolute atomic E-state index is 12.1. The minimum absolute atomic E-state index is 0.137. The molecular formula is C16H16N4O3. The predicted molar refractivity (Wildman–Crippen MR) is 87.8 cm³/mol. The average molecular weight is 312 g/mol. The minimum atomic E-state index is -0.467. The first-order valence-corrected chi connectivity index (χ1v) is 6.67. The second kappa shape index (κ2) is 7.60. The molecule has 2 aromatic rings. The molecule has 7 heteroatoms. The van der Waals surface area contributed by atoms with Crippen molar-refractivity contribution < 1.29 is 14.3 Å². The van der Waals surface area contributed by atoms with Crippen molar-refractivity contribution in [3.8, 4) is 11.5 Å². The van der Waals surface area contributed by atoms with E-state index >= 15 is 0 Å². The highest BCUT2D eigenvalue weighted by Crippen LogP contribution is 2.28. The third-order valence-corrected chi connectivity index (χ3v) is 2.78. The number of ether oxygens (including phenoxy) is 2. The average Bonchev–Trinajstić information content (AvgIpc) is 2.56. The lowest BCUT2D eigenvalue weighted by Gasteiger charge is -2.09. The number of nitrogens with two attached hydrogens (primary N) is 2. The summed E-state index contributed by atoms with van der Waals surface area (Å²) in [4.78, 5) is 12.1. The fraction of sp³-hybridized carbons (Fsp3) is 0.0625. The number of benzene rings is 2. The minimum Gasteiger partial charge on any atom is -0.493 e. The van der Waals surface area contributed by atoms with Crippen molar-refractivity contribution in [1.82, 2.24) is 0 Å². The Kier molecular flexibility index (Phi) is 5.30. The molecule has 0 fully saturated rings. The summed E-state index contributed by atoms with van der Waals surface area (Å²) in [5, 5.41) is 7.21. The number of hydrogen-bond acceptors (Lipinski definition) is 5. The zero-order chi connectivity index (χ0) is 16.7. The molecule has 0 spiro atoms. The van der Waals surface area contributed by atoms with E-state index in [1.807, 2.05) is 6.07 Å². The highest BCUT2D eigenvalue weighted by molar-refractivity contribution is 5.91. The van der Waals surface area contributed by atoms with Crippen LogP contribution in [0, 0.1) is 0 Å². The Bertz CT molecular complexity index is 738. The highest BCUT2D eigenvalue weighted by Gasteiger charge is 2.12. The van der Waals surface area contributed by atoms with Crippen LogP contribution in [0.5, 0.6) is 11.5 Å². The lowest BCUT2D eigenvalue weighted by molar-refractivity contribution is 0.0729. The second-order valence-corrected chi connectivity index (χ2v) is 4.44. The van der Waals surface area contributed by atoms with E-state index in [0.717, 1.165) is 0 Å². The van der Waals surface area contributed by atoms with Crippen LogP contribution in [-0.2, 0) is 0 Å². The van der Waals surface area contributed by atoms with Crippen LogP contribution in [0.25, 0.3) is 0 Å². The second-order valence-electron chi connectivity index (χ2n) is 4.44. The molecule has 0 amide bonds. The number of carbonyl (C=O) groups excluding carboxylic acids is 1. The predicted octanol–water partition coefficient (Wildman–Crippen LogP) is 1.52. The van der Waals surface area contributed by atoms with Crippen LogP contribution in [-0.4, -0.2) is 25.3 Å². The van der Waals surface area contributed by atoms with Crippen molar-refractivity contribution in [3.05, 3.63) is 59.7 Å². The van der Waals surface area contributed by atoms with Gasteiger partial charge in [-0.1, -0.05) is 18.2 Å². The lowest BCUT2D eigenvalue weighted by atomic mass is 10.2. The van der Waals surface area contributed by atoms with E-state index in [1.54, 1.807) is 42.5 Å². The summed E-state index contributed by atoms with van der Waals surface area (Å²) in [5.41, 5.74) is 11.5. The molecule has 0 aliphatic carbocycles. The number of rotatable bonds is 5. The molecule has 0 heterocycles. The van der Waals surface area contributed by atoms with E-state index in [1.165, 1.54) is 13.3 Å². The molecule has 4 N–H and O–H groups in total. The van der Waals surface area contributed by atoms with Crippen LogP contribution in [0.2, 0.25) is 0 Å². The van der Waals surface area contributed by atoms with Crippen LogP contribution in [0.3, 0.4) is 0 Å². The molecule has 2 rings (SSSR count). The number of hydrogen-bond donors (Lipinski definition) is 2. The normalized spacial score (nSPS) is 10.3. The van der Waals surface area contributed by atoms with Gasteiger partial charge in [-0.2, -0.15) is 5.10 Å². The molecule has 0 aliphatic rings. The Morgan fingerprint density at radius 1 is 1.09 bits per heavy atom. The third kappa shape index (κ3) is 4.57. The fourth-order valence-electron chi connectivity index (χ4n) is 1.74. The largest absolute Gasteiger partial charge is 0.493 e. The molecular weight excluding hydrogens is 296 g/mol. The number of carbonyl (C=O) groups is 1. The summed E-state index contributed by atoms with van der Waals surface area (Å²) in [6.07, 6.45) is 1.45. The molecule has 0 unspecified atom stereocenters. The molecule has 0 atom stereocenters. The van der Waals surface area contributed by atoms with Gasteiger partial charge in [0, 0.05) is 0 Å². The SMILES string of the molecule is COc1cc(C=NN=C(N)N)ccc1OC(=O)c1ccccc1. The van der Waals surface area contributed by atoms with Crippen molar-refractivity contribution in [2.24, 2.45) is 21.7 Å². The van der Waals surface area contributed by atoms with Crippen LogP contribution >= 0.6 is 0 Å². The molecule has 0 saturated carbocycles. The Hall–Kier alpha value is -3.35. The first-order valence-electron chi connectivity index (χ1n) is 6.67. The van der Waals surface area contributed by atoms with Crippen LogP contribution in [0.15, 0.2) is 58.7 Å². The van der Waals surface area contributed by atoms with Crippen molar-refractivity contribution in [2.45, 2.75) is 0 Å². The first-order chi connectivity index (χ1) is 11.1. The molecule has 2 aromatic carbocycles. The van der Waals surface area contributed by atoms with E-state index in [9.17, 15) is 4.79 Å². The van der Waals surface area contributed by atoms with Gasteiger partial charge < -0.3 is 20.9 Å². The van der Waals surface area contributed by atoms with E-state index < -0.39 is 5.97 Å². The summed E-state index contributed by atoms with van der Waals surface area (Å²) in [6, 6.07) is 13.6. The maximum Gasteiger partial charge on any atom is 0.343 e. The highest BCUT2D eigenvalue weighted by atomic mass is 16.6. The summed E-state index contributed by atoms with van der Waals surface area (Å²) in [6.45, 7) is 0. The molecule has 118 valence electrons. The van der Waals surface area contributed by atoms with Gasteiger partial charge >= 0.3 is 5.97 Å². The first kappa shape index (κ1) is 16.0. The van der Waals surface area contributed by atoms with Gasteiger partial charge in [-0.05, 0) is 35.9 Å². The quantitative estimate of drug-likeness (QED) is 0.286. The monoisotopic (exact) mass is 312 g/mol. The maximum atomic E-state index is 12.1. The van der Waals surface area contributed by atoms with E-state index in [-0.39, 0.29) is 5.96 Å². The fourth-order valence-corrected chi connectivity index (χ4v) is 1.74. The van der Waals surface area contributed by atoms with Crippen molar-refractivity contribution in [3.63, 3.8) is 0 Å². The topological polar surface area (TPSA) is 112 Å². The lowest BCUT2D eigenvalue weighted by Crippen LogP contribution is -2.21. The van der Waals surface area contributed by atoms with Crippen LogP contribution in [0.4, 0.5) is 0 Å². The van der Waals surface area contributed by atoms with E-state index in [0.29, 0.717) is 22.6 Å². The number of esters is 1. The zero-order valence-corrected chi connectivity index (χ0v) is 12.5. The van der Waals surface area contributed by atoms with Gasteiger partial charge in [-0.15, -0.1) is 5.10 Å². The zero-order valence-electron chi connectivity index (χ0n) is 12.5. The summed E-state index contributed by atoms with van der Waals surface area (Å²) >= 11 is 0. The molecule has 0 aliphatic heterocycles. The van der Waals surface area contributed by atoms with Crippen LogP contribution in [0.1, 0.15) is 15.9 Å². The van der Waals surface area contributed by atoms with Gasteiger partial charge in [0.1, 0.15) is 0 Å². The van der Waals surface area contributed by atoms with Gasteiger partial charge in [0.05, 0.1) is 18.9 Å². The third-order valence-electron chi connectivity index (χ3n) is 2.78. The van der Waals surface area contributed by atoms with Crippen molar-refractivity contribution >= 4 is 18.1 Å². The summed E-state index contributed by atoms with van der Waals surface area (Å²) in [7, 11) is 1.48. The number of guanidine groups is 1. The van der Waals surface area contributed by atoms with Crippen LogP contribution < -0.4 is 20.9 Å². The Morgan fingerprint density at radius 3 is 2.48 bits per heavy atom. The van der Waals surface area contributed by atoms with Gasteiger partial charge in [0.15, 0.2) is 11.5 Å². The van der Waals surface area contributed by atoms with E-state index in [4.69, 9.17) is 20.9 Å². The Morgan fingerprint density at radius 2 is 1.83 bits per heavy atom. The van der Waals surface area contributed by atoms with Gasteiger partial charge in [-0.3, -0.25) is 0 Å². The molecule has 0 bridgehead atoms. The molecule has 0 aromatic heterocycles. The van der Waals surface area contributed by atoms with Gasteiger partial charge in [0.2, 0.25) is 5.96 Å². The smallest absolute Gasteiger partial charge is 0.343 e. The van der Waals surface area contributed by atoms with Crippen molar-refractivity contribution in [2.75, 3.05) is 7.11 Å². The number of methoxy groups -OCH3 is 1. The van der Waals surface area contributed by atoms with E-state index in [2.05, 4.69) is 10.2 Å². The van der Waals surface area contributed by atoms with Gasteiger partial charge in [0.25, 0.3) is 0 Å². The van der Waals surface area contributed by atoms with Crippen molar-refractivity contribution in [1.29, 1.82) is 0 Å². The Labute approximate surface area is 133 Å². The Balaban J connectivity index is 2.18. The molecule has 7 nitrogen and oxygen atoms in total. The number of nitrogens with zero attached hydrogens (tertiary/aromatic N) is 2. The summed E-state index contributed by atoms with van der Waals surface area (Å²) in [5.74, 6) is 0.0933. The molecule has 0 radical (unpaired) electrons. The summed E-state index contributed by atoms with van der Waals surface area (Å²) < 4.78 is 10.6. The van der Waals surface area contributed by atoms with Gasteiger partial charge in [-0.25, -0.2) is 4.79 Å². The standard InChI is InChI=1S/C16H16N4O3/c1-22-14-9-11(10-19-20-16(17)18)7-8-13(14)23-15(21)12-5-3-2-4-6-12/h2-10H,1H3,(H4,17,18,20).